The van der Waals surface area contributed by atoms with E-state index >= 15 is 0 Å². The summed E-state index contributed by atoms with van der Waals surface area (Å²) >= 11 is 1.30. The zero-order valence-electron chi connectivity index (χ0n) is 15.1. The second-order valence-corrected chi connectivity index (χ2v) is 7.04. The summed E-state index contributed by atoms with van der Waals surface area (Å²) in [6, 6.07) is 8.76. The number of hydrogen-bond donors (Lipinski definition) is 2. The highest BCUT2D eigenvalue weighted by Crippen LogP contribution is 2.30. The molecule has 0 spiro atoms. The second-order valence-electron chi connectivity index (χ2n) is 6.41. The van der Waals surface area contributed by atoms with Crippen molar-refractivity contribution in [2.45, 2.75) is 33.2 Å². The lowest BCUT2D eigenvalue weighted by Gasteiger charge is -2.20. The summed E-state index contributed by atoms with van der Waals surface area (Å²) in [6.45, 7) is 5.58. The van der Waals surface area contributed by atoms with Crippen LogP contribution in [0.25, 0.3) is 11.1 Å². The van der Waals surface area contributed by atoms with Gasteiger partial charge in [0.05, 0.1) is 6.07 Å². The molecule has 0 saturated carbocycles. The van der Waals surface area contributed by atoms with Crippen molar-refractivity contribution in [1.82, 2.24) is 9.69 Å². The van der Waals surface area contributed by atoms with E-state index in [0.717, 1.165) is 11.1 Å². The van der Waals surface area contributed by atoms with Gasteiger partial charge >= 0.3 is 0 Å². The van der Waals surface area contributed by atoms with Crippen LogP contribution < -0.4 is 10.6 Å². The van der Waals surface area contributed by atoms with Crippen molar-refractivity contribution in [3.63, 3.8) is 0 Å². The molecule has 2 N–H and O–H groups in total. The molecule has 1 atom stereocenters. The average molecular weight is 370 g/mol. The first kappa shape index (κ1) is 19.6. The Morgan fingerprint density at radius 2 is 1.96 bits per heavy atom. The van der Waals surface area contributed by atoms with E-state index in [1.165, 1.54) is 18.5 Å². The summed E-state index contributed by atoms with van der Waals surface area (Å²) in [4.78, 5) is 23.8. The fourth-order valence-corrected chi connectivity index (χ4v) is 3.21. The number of ketones is 1. The van der Waals surface area contributed by atoms with E-state index in [0.29, 0.717) is 23.7 Å². The number of amides is 1. The normalized spacial score (nSPS) is 11.7. The van der Waals surface area contributed by atoms with Crippen LogP contribution in [0.3, 0.4) is 0 Å². The molecular weight excluding hydrogens is 348 g/mol. The summed E-state index contributed by atoms with van der Waals surface area (Å²) in [6.07, 6.45) is 0.623. The lowest BCUT2D eigenvalue weighted by atomic mass is 10.0. The van der Waals surface area contributed by atoms with E-state index in [1.54, 1.807) is 12.1 Å². The van der Waals surface area contributed by atoms with E-state index < -0.39 is 6.04 Å². The SMILES string of the molecule is CC(=O)c1ccc(-c2csnc2N[C@@H](CC(C)C)C(=O)NCC#N)cc1. The van der Waals surface area contributed by atoms with Gasteiger partial charge in [-0.3, -0.25) is 9.59 Å². The Balaban J connectivity index is 2.22. The van der Waals surface area contributed by atoms with E-state index in [4.69, 9.17) is 5.26 Å². The highest BCUT2D eigenvalue weighted by Gasteiger charge is 2.22. The van der Waals surface area contributed by atoms with Crippen molar-refractivity contribution in [2.75, 3.05) is 11.9 Å². The zero-order chi connectivity index (χ0) is 19.1. The van der Waals surface area contributed by atoms with Gasteiger partial charge in [0.15, 0.2) is 5.78 Å². The van der Waals surface area contributed by atoms with Gasteiger partial charge in [0.1, 0.15) is 18.4 Å². The van der Waals surface area contributed by atoms with Crippen molar-refractivity contribution in [2.24, 2.45) is 5.92 Å². The number of nitriles is 1. The van der Waals surface area contributed by atoms with Crippen LogP contribution in [0.2, 0.25) is 0 Å². The molecule has 0 aliphatic heterocycles. The van der Waals surface area contributed by atoms with Gasteiger partial charge in [-0.25, -0.2) is 0 Å². The van der Waals surface area contributed by atoms with Crippen LogP contribution in [-0.2, 0) is 4.79 Å². The summed E-state index contributed by atoms with van der Waals surface area (Å²) in [5.41, 5.74) is 2.46. The topological polar surface area (TPSA) is 94.9 Å². The number of anilines is 1. The van der Waals surface area contributed by atoms with Crippen molar-refractivity contribution < 1.29 is 9.59 Å². The molecule has 1 aromatic heterocycles. The number of nitrogens with zero attached hydrogens (tertiary/aromatic N) is 2. The molecule has 0 aliphatic carbocycles. The third-order valence-corrected chi connectivity index (χ3v) is 4.48. The molecule has 1 aromatic carbocycles. The first-order chi connectivity index (χ1) is 12.4. The Morgan fingerprint density at radius 1 is 1.27 bits per heavy atom. The number of carbonyl (C=O) groups is 2. The van der Waals surface area contributed by atoms with E-state index in [-0.39, 0.29) is 18.2 Å². The molecule has 7 heteroatoms. The van der Waals surface area contributed by atoms with Gasteiger partial charge in [-0.2, -0.15) is 9.64 Å². The van der Waals surface area contributed by atoms with Crippen molar-refractivity contribution in [3.05, 3.63) is 35.2 Å². The van der Waals surface area contributed by atoms with Gasteiger partial charge in [-0.1, -0.05) is 38.1 Å². The molecule has 0 saturated heterocycles. The largest absolute Gasteiger partial charge is 0.357 e. The fraction of sp³-hybridized carbons (Fsp3) is 0.368. The van der Waals surface area contributed by atoms with Gasteiger partial charge in [0, 0.05) is 16.5 Å². The van der Waals surface area contributed by atoms with E-state index in [2.05, 4.69) is 15.0 Å². The number of nitrogens with one attached hydrogen (secondary N) is 2. The molecule has 2 aromatic rings. The van der Waals surface area contributed by atoms with Crippen LogP contribution >= 0.6 is 11.5 Å². The molecule has 0 unspecified atom stereocenters. The molecule has 0 fully saturated rings. The standard InChI is InChI=1S/C19H22N4O2S/c1-12(2)10-17(19(25)21-9-8-20)22-18-16(11-26-23-18)15-6-4-14(5-7-15)13(3)24/h4-7,11-12,17H,9-10H2,1-3H3,(H,21,25)(H,22,23)/t17-/m0/s1. The quantitative estimate of drug-likeness (QED) is 0.548. The maximum absolute atomic E-state index is 12.3. The number of hydrogen-bond acceptors (Lipinski definition) is 6. The second kappa shape index (κ2) is 9.11. The molecule has 0 radical (unpaired) electrons. The number of benzene rings is 1. The Labute approximate surface area is 157 Å². The highest BCUT2D eigenvalue weighted by atomic mass is 32.1. The average Bonchev–Trinajstić information content (AvgIpc) is 3.07. The van der Waals surface area contributed by atoms with Crippen LogP contribution in [0.5, 0.6) is 0 Å². The summed E-state index contributed by atoms with van der Waals surface area (Å²) in [5.74, 6) is 0.733. The third-order valence-electron chi connectivity index (χ3n) is 3.85. The Morgan fingerprint density at radius 3 is 2.54 bits per heavy atom. The molecule has 136 valence electrons. The highest BCUT2D eigenvalue weighted by molar-refractivity contribution is 7.04. The van der Waals surface area contributed by atoms with Crippen molar-refractivity contribution in [1.29, 1.82) is 5.26 Å². The van der Waals surface area contributed by atoms with Crippen LogP contribution in [-0.4, -0.2) is 28.7 Å². The first-order valence-corrected chi connectivity index (χ1v) is 9.23. The molecule has 26 heavy (non-hydrogen) atoms. The molecule has 0 bridgehead atoms. The van der Waals surface area contributed by atoms with Crippen LogP contribution in [0, 0.1) is 17.2 Å². The number of aromatic nitrogens is 1. The maximum Gasteiger partial charge on any atom is 0.243 e. The lowest BCUT2D eigenvalue weighted by molar-refractivity contribution is -0.121. The number of Topliss-reactive ketones (excluding diaryl/α,β-unsaturated/α-hetero) is 1. The van der Waals surface area contributed by atoms with Crippen molar-refractivity contribution >= 4 is 29.0 Å². The summed E-state index contributed by atoms with van der Waals surface area (Å²) in [5, 5.41) is 16.4. The number of rotatable bonds is 8. The predicted octanol–water partition coefficient (Wildman–Crippen LogP) is 3.48. The zero-order valence-corrected chi connectivity index (χ0v) is 15.9. The van der Waals surface area contributed by atoms with E-state index in [1.807, 2.05) is 37.4 Å². The molecular formula is C19H22N4O2S. The number of carbonyl (C=O) groups excluding carboxylic acids is 2. The lowest BCUT2D eigenvalue weighted by Crippen LogP contribution is -2.40. The molecule has 2 rings (SSSR count). The third kappa shape index (κ3) is 5.14. The van der Waals surface area contributed by atoms with Gasteiger partial charge in [0.25, 0.3) is 0 Å². The molecule has 0 aliphatic rings. The minimum atomic E-state index is -0.472. The van der Waals surface area contributed by atoms with Crippen LogP contribution in [0.1, 0.15) is 37.6 Å². The minimum absolute atomic E-state index is 0.0181. The van der Waals surface area contributed by atoms with Gasteiger partial charge < -0.3 is 10.6 Å². The van der Waals surface area contributed by atoms with Gasteiger partial charge in [-0.15, -0.1) is 0 Å². The monoisotopic (exact) mass is 370 g/mol. The van der Waals surface area contributed by atoms with E-state index in [9.17, 15) is 9.59 Å². The van der Waals surface area contributed by atoms with Gasteiger partial charge in [0.2, 0.25) is 5.91 Å². The summed E-state index contributed by atoms with van der Waals surface area (Å²) in [7, 11) is 0. The summed E-state index contributed by atoms with van der Waals surface area (Å²) < 4.78 is 4.38. The molecule has 1 heterocycles. The fourth-order valence-electron chi connectivity index (χ4n) is 2.55. The van der Waals surface area contributed by atoms with Crippen LogP contribution in [0.15, 0.2) is 29.6 Å². The van der Waals surface area contributed by atoms with Crippen LogP contribution in [0.4, 0.5) is 5.82 Å². The Hall–Kier alpha value is -2.72. The predicted molar refractivity (Wildman–Crippen MR) is 103 cm³/mol. The minimum Gasteiger partial charge on any atom is -0.357 e. The van der Waals surface area contributed by atoms with Gasteiger partial charge in [-0.05, 0) is 36.4 Å². The maximum atomic E-state index is 12.3. The smallest absolute Gasteiger partial charge is 0.243 e. The Bertz CT molecular complexity index is 806. The first-order valence-electron chi connectivity index (χ1n) is 8.39. The molecule has 1 amide bonds. The Kier molecular flexibility index (Phi) is 6.87. The van der Waals surface area contributed by atoms with Crippen molar-refractivity contribution in [3.8, 4) is 17.2 Å². The molecule has 6 nitrogen and oxygen atoms in total.